The summed E-state index contributed by atoms with van der Waals surface area (Å²) in [5.41, 5.74) is 3.37. The quantitative estimate of drug-likeness (QED) is 0.732. The Morgan fingerprint density at radius 2 is 1.90 bits per heavy atom. The molecule has 0 spiro atoms. The minimum atomic E-state index is -0.876. The molecular formula is C19H17NO. The lowest BCUT2D eigenvalue weighted by Gasteiger charge is -2.35. The molecule has 3 aromatic rings. The van der Waals surface area contributed by atoms with Crippen LogP contribution < -0.4 is 0 Å². The number of hydrogen-bond acceptors (Lipinski definition) is 2. The minimum Gasteiger partial charge on any atom is -0.380 e. The van der Waals surface area contributed by atoms with Gasteiger partial charge in [-0.15, -0.1) is 0 Å². The monoisotopic (exact) mass is 275 g/mol. The fraction of sp³-hybridized carbons (Fsp3) is 0.211. The van der Waals surface area contributed by atoms with Gasteiger partial charge in [-0.3, -0.25) is 4.98 Å². The number of benzene rings is 2. The molecule has 0 saturated heterocycles. The smallest absolute Gasteiger partial charge is 0.115 e. The van der Waals surface area contributed by atoms with Crippen molar-refractivity contribution >= 4 is 10.9 Å². The van der Waals surface area contributed by atoms with E-state index in [1.807, 2.05) is 30.3 Å². The van der Waals surface area contributed by atoms with E-state index in [2.05, 4.69) is 29.2 Å². The van der Waals surface area contributed by atoms with Crippen molar-refractivity contribution in [2.75, 3.05) is 0 Å². The van der Waals surface area contributed by atoms with Gasteiger partial charge in [0.05, 0.1) is 5.52 Å². The third-order valence-electron chi connectivity index (χ3n) is 4.53. The maximum atomic E-state index is 11.3. The fourth-order valence-electron chi connectivity index (χ4n) is 3.44. The molecule has 0 fully saturated rings. The summed E-state index contributed by atoms with van der Waals surface area (Å²) < 4.78 is 0. The zero-order valence-corrected chi connectivity index (χ0v) is 11.8. The van der Waals surface area contributed by atoms with Crippen LogP contribution in [0.5, 0.6) is 0 Å². The zero-order chi connectivity index (χ0) is 14.3. The molecule has 0 saturated carbocycles. The molecular weight excluding hydrogens is 258 g/mol. The Balaban J connectivity index is 1.91. The molecule has 1 N–H and O–H groups in total. The largest absolute Gasteiger partial charge is 0.380 e. The van der Waals surface area contributed by atoms with E-state index in [1.54, 1.807) is 6.20 Å². The van der Waals surface area contributed by atoms with Crippen LogP contribution in [-0.2, 0) is 12.0 Å². The number of aryl methyl sites for hydroxylation is 1. The topological polar surface area (TPSA) is 33.1 Å². The molecule has 1 aliphatic rings. The Hall–Kier alpha value is -2.19. The highest BCUT2D eigenvalue weighted by atomic mass is 16.3. The van der Waals surface area contributed by atoms with Gasteiger partial charge in [0.25, 0.3) is 0 Å². The van der Waals surface area contributed by atoms with Crippen LogP contribution in [0.25, 0.3) is 10.9 Å². The molecule has 2 heteroatoms. The van der Waals surface area contributed by atoms with E-state index >= 15 is 0 Å². The molecule has 1 heterocycles. The maximum Gasteiger partial charge on any atom is 0.115 e. The highest BCUT2D eigenvalue weighted by Crippen LogP contribution is 2.41. The van der Waals surface area contributed by atoms with E-state index in [9.17, 15) is 5.11 Å². The van der Waals surface area contributed by atoms with Gasteiger partial charge in [-0.25, -0.2) is 0 Å². The van der Waals surface area contributed by atoms with Crippen molar-refractivity contribution in [2.45, 2.75) is 24.9 Å². The standard InChI is InChI=1S/C19H17NO/c21-19(11-3-6-14-5-1-2-8-17(14)19)16-9-10-18-15(13-16)7-4-12-20-18/h1-2,4-5,7-10,12-13,21H,3,6,11H2. The third kappa shape index (κ3) is 1.95. The molecule has 0 amide bonds. The molecule has 104 valence electrons. The summed E-state index contributed by atoms with van der Waals surface area (Å²) in [5.74, 6) is 0. The van der Waals surface area contributed by atoms with E-state index in [4.69, 9.17) is 0 Å². The Morgan fingerprint density at radius 1 is 1.00 bits per heavy atom. The fourth-order valence-corrected chi connectivity index (χ4v) is 3.44. The zero-order valence-electron chi connectivity index (χ0n) is 11.8. The van der Waals surface area contributed by atoms with Crippen molar-refractivity contribution in [3.8, 4) is 0 Å². The normalized spacial score (nSPS) is 21.2. The lowest BCUT2D eigenvalue weighted by atomic mass is 9.75. The van der Waals surface area contributed by atoms with Crippen molar-refractivity contribution in [3.05, 3.63) is 77.5 Å². The predicted octanol–water partition coefficient (Wildman–Crippen LogP) is 3.81. The summed E-state index contributed by atoms with van der Waals surface area (Å²) in [4.78, 5) is 4.35. The van der Waals surface area contributed by atoms with Crippen molar-refractivity contribution < 1.29 is 5.11 Å². The van der Waals surface area contributed by atoms with Crippen LogP contribution in [0.4, 0.5) is 0 Å². The first-order valence-corrected chi connectivity index (χ1v) is 7.43. The lowest BCUT2D eigenvalue weighted by Crippen LogP contribution is -2.31. The summed E-state index contributed by atoms with van der Waals surface area (Å²) in [6.45, 7) is 0. The Bertz CT molecular complexity index is 811. The second-order valence-corrected chi connectivity index (χ2v) is 5.78. The molecule has 2 nitrogen and oxygen atoms in total. The number of rotatable bonds is 1. The molecule has 1 aromatic heterocycles. The van der Waals surface area contributed by atoms with Crippen LogP contribution in [0.2, 0.25) is 0 Å². The van der Waals surface area contributed by atoms with Gasteiger partial charge >= 0.3 is 0 Å². The summed E-state index contributed by atoms with van der Waals surface area (Å²) in [6.07, 6.45) is 4.63. The van der Waals surface area contributed by atoms with Gasteiger partial charge < -0.3 is 5.11 Å². The van der Waals surface area contributed by atoms with Crippen LogP contribution in [0.1, 0.15) is 29.5 Å². The molecule has 1 unspecified atom stereocenters. The van der Waals surface area contributed by atoms with E-state index in [0.29, 0.717) is 0 Å². The number of fused-ring (bicyclic) bond motifs is 2. The number of pyridine rings is 1. The number of hydrogen-bond donors (Lipinski definition) is 1. The first-order chi connectivity index (χ1) is 10.3. The van der Waals surface area contributed by atoms with Crippen LogP contribution >= 0.6 is 0 Å². The van der Waals surface area contributed by atoms with Crippen LogP contribution in [0.3, 0.4) is 0 Å². The van der Waals surface area contributed by atoms with E-state index in [-0.39, 0.29) is 0 Å². The van der Waals surface area contributed by atoms with Crippen molar-refractivity contribution in [2.24, 2.45) is 0 Å². The average molecular weight is 275 g/mol. The van der Waals surface area contributed by atoms with Crippen molar-refractivity contribution in [1.82, 2.24) is 4.98 Å². The Morgan fingerprint density at radius 3 is 2.86 bits per heavy atom. The maximum absolute atomic E-state index is 11.3. The molecule has 0 bridgehead atoms. The number of nitrogens with zero attached hydrogens (tertiary/aromatic N) is 1. The van der Waals surface area contributed by atoms with Gasteiger partial charge in [0, 0.05) is 11.6 Å². The second kappa shape index (κ2) is 4.68. The van der Waals surface area contributed by atoms with Crippen molar-refractivity contribution in [1.29, 1.82) is 0 Å². The van der Waals surface area contributed by atoms with E-state index in [0.717, 1.165) is 41.3 Å². The highest BCUT2D eigenvalue weighted by molar-refractivity contribution is 5.79. The molecule has 2 aromatic carbocycles. The number of aliphatic hydroxyl groups is 1. The van der Waals surface area contributed by atoms with Crippen molar-refractivity contribution in [3.63, 3.8) is 0 Å². The summed E-state index contributed by atoms with van der Waals surface area (Å²) in [7, 11) is 0. The SMILES string of the molecule is OC1(c2ccc3ncccc3c2)CCCc2ccccc21. The summed E-state index contributed by atoms with van der Waals surface area (Å²) in [5, 5.41) is 12.4. The molecule has 0 radical (unpaired) electrons. The minimum absolute atomic E-state index is 0.774. The Kier molecular flexibility index (Phi) is 2.79. The first-order valence-electron chi connectivity index (χ1n) is 7.43. The van der Waals surface area contributed by atoms with Gasteiger partial charge in [0.2, 0.25) is 0 Å². The Labute approximate surface area is 124 Å². The number of aromatic nitrogens is 1. The molecule has 1 aliphatic carbocycles. The van der Waals surface area contributed by atoms with E-state index in [1.165, 1.54) is 5.56 Å². The van der Waals surface area contributed by atoms with Crippen LogP contribution in [0.15, 0.2) is 60.8 Å². The third-order valence-corrected chi connectivity index (χ3v) is 4.53. The van der Waals surface area contributed by atoms with Gasteiger partial charge in [0.1, 0.15) is 5.60 Å². The lowest BCUT2D eigenvalue weighted by molar-refractivity contribution is 0.0617. The average Bonchev–Trinajstić information content (AvgIpc) is 2.55. The molecule has 4 rings (SSSR count). The van der Waals surface area contributed by atoms with E-state index < -0.39 is 5.60 Å². The summed E-state index contributed by atoms with van der Waals surface area (Å²) in [6, 6.07) is 18.3. The summed E-state index contributed by atoms with van der Waals surface area (Å²) >= 11 is 0. The van der Waals surface area contributed by atoms with Crippen LogP contribution in [-0.4, -0.2) is 10.1 Å². The predicted molar refractivity (Wildman–Crippen MR) is 84.1 cm³/mol. The van der Waals surface area contributed by atoms with Gasteiger partial charge in [-0.2, -0.15) is 0 Å². The van der Waals surface area contributed by atoms with Gasteiger partial charge in [-0.05, 0) is 54.2 Å². The van der Waals surface area contributed by atoms with Gasteiger partial charge in [-0.1, -0.05) is 36.4 Å². The molecule has 1 atom stereocenters. The van der Waals surface area contributed by atoms with Gasteiger partial charge in [0.15, 0.2) is 0 Å². The van der Waals surface area contributed by atoms with Crippen LogP contribution in [0, 0.1) is 0 Å². The first kappa shape index (κ1) is 12.5. The highest BCUT2D eigenvalue weighted by Gasteiger charge is 2.35. The second-order valence-electron chi connectivity index (χ2n) is 5.78. The molecule has 0 aliphatic heterocycles. The molecule has 21 heavy (non-hydrogen) atoms.